The summed E-state index contributed by atoms with van der Waals surface area (Å²) in [5, 5.41) is 0. The van der Waals surface area contributed by atoms with Crippen molar-refractivity contribution in [3.05, 3.63) is 69.8 Å². The first kappa shape index (κ1) is 24.4. The average molecular weight is 533 g/mol. The second-order valence-electron chi connectivity index (χ2n) is 16.2. The highest BCUT2D eigenvalue weighted by Gasteiger charge is 2.51. The summed E-state index contributed by atoms with van der Waals surface area (Å²) < 4.78 is 0. The van der Waals surface area contributed by atoms with Gasteiger partial charge in [0.05, 0.1) is 0 Å². The first-order chi connectivity index (χ1) is 19.4. The molecule has 9 aliphatic rings. The molecule has 208 valence electrons. The summed E-state index contributed by atoms with van der Waals surface area (Å²) in [4.78, 5) is 27.4. The third-order valence-electron chi connectivity index (χ3n) is 13.4. The second kappa shape index (κ2) is 8.65. The summed E-state index contributed by atoms with van der Waals surface area (Å²) in [5.41, 5.74) is 6.37. The first-order valence-electron chi connectivity index (χ1n) is 16.8. The molecule has 8 saturated carbocycles. The van der Waals surface area contributed by atoms with E-state index in [2.05, 4.69) is 12.1 Å². The zero-order chi connectivity index (χ0) is 26.6. The maximum atomic E-state index is 13.7. The smallest absolute Gasteiger partial charge is 0.194 e. The third kappa shape index (κ3) is 3.80. The fourth-order valence-corrected chi connectivity index (χ4v) is 12.7. The molecule has 11 rings (SSSR count). The van der Waals surface area contributed by atoms with Crippen LogP contribution in [0.4, 0.5) is 0 Å². The van der Waals surface area contributed by atoms with Crippen molar-refractivity contribution in [3.8, 4) is 0 Å². The maximum absolute atomic E-state index is 13.7. The van der Waals surface area contributed by atoms with Gasteiger partial charge >= 0.3 is 0 Å². The summed E-state index contributed by atoms with van der Waals surface area (Å²) >= 11 is 0. The molecule has 0 heterocycles. The molecule has 40 heavy (non-hydrogen) atoms. The minimum atomic E-state index is 0.0499. The Balaban J connectivity index is 1.05. The zero-order valence-electron chi connectivity index (χ0n) is 24.1. The monoisotopic (exact) mass is 532 g/mol. The molecule has 0 radical (unpaired) electrons. The molecule has 0 unspecified atom stereocenters. The van der Waals surface area contributed by atoms with Gasteiger partial charge in [-0.2, -0.15) is 0 Å². The molecule has 9 aliphatic carbocycles. The highest BCUT2D eigenvalue weighted by Crippen LogP contribution is 2.63. The van der Waals surface area contributed by atoms with Crippen molar-refractivity contribution >= 4 is 11.6 Å². The Morgan fingerprint density at radius 3 is 1.15 bits per heavy atom. The van der Waals surface area contributed by atoms with E-state index in [1.165, 1.54) is 101 Å². The van der Waals surface area contributed by atoms with Crippen molar-refractivity contribution in [1.82, 2.24) is 0 Å². The van der Waals surface area contributed by atoms with Gasteiger partial charge in [-0.15, -0.1) is 0 Å². The van der Waals surface area contributed by atoms with E-state index in [-0.39, 0.29) is 11.6 Å². The fourth-order valence-electron chi connectivity index (χ4n) is 12.7. The number of fused-ring (bicyclic) bond motifs is 2. The predicted molar refractivity (Wildman–Crippen MR) is 158 cm³/mol. The van der Waals surface area contributed by atoms with Crippen molar-refractivity contribution in [2.45, 2.75) is 103 Å². The SMILES string of the molecule is O=C1c2ccccc2C(=O)c2cc(CCC34CC5CC(CC(C5)C3)C4)c(CCC34CC5CC(CC(C5)C3)C4)cc21. The average Bonchev–Trinajstić information content (AvgIpc) is 2.92. The lowest BCUT2D eigenvalue weighted by atomic mass is 9.48. The van der Waals surface area contributed by atoms with E-state index in [1.807, 2.05) is 24.3 Å². The van der Waals surface area contributed by atoms with Crippen LogP contribution in [0.5, 0.6) is 0 Å². The maximum Gasteiger partial charge on any atom is 0.194 e. The Kier molecular flexibility index (Phi) is 5.27. The number of hydrogen-bond acceptors (Lipinski definition) is 2. The Hall–Kier alpha value is -2.22. The van der Waals surface area contributed by atoms with Crippen LogP contribution in [0.25, 0.3) is 0 Å². The quantitative estimate of drug-likeness (QED) is 0.318. The van der Waals surface area contributed by atoms with Gasteiger partial charge in [-0.1, -0.05) is 24.3 Å². The molecule has 0 aromatic heterocycles. The lowest BCUT2D eigenvalue weighted by Crippen LogP contribution is -2.46. The van der Waals surface area contributed by atoms with Crippen molar-refractivity contribution in [2.75, 3.05) is 0 Å². The van der Waals surface area contributed by atoms with Gasteiger partial charge in [-0.05, 0) is 172 Å². The summed E-state index contributed by atoms with van der Waals surface area (Å²) in [6, 6.07) is 11.9. The predicted octanol–water partition coefficient (Wildman–Crippen LogP) is 8.76. The van der Waals surface area contributed by atoms with Crippen LogP contribution >= 0.6 is 0 Å². The number of ketones is 2. The Bertz CT molecular complexity index is 1230. The number of carbonyl (C=O) groups excluding carboxylic acids is 2. The highest BCUT2D eigenvalue weighted by molar-refractivity contribution is 6.28. The van der Waals surface area contributed by atoms with Crippen molar-refractivity contribution < 1.29 is 9.59 Å². The van der Waals surface area contributed by atoms with E-state index in [0.717, 1.165) is 48.3 Å². The molecule has 2 aromatic rings. The van der Waals surface area contributed by atoms with E-state index < -0.39 is 0 Å². The Morgan fingerprint density at radius 2 is 0.825 bits per heavy atom. The van der Waals surface area contributed by atoms with Gasteiger partial charge in [0.25, 0.3) is 0 Å². The van der Waals surface area contributed by atoms with Crippen molar-refractivity contribution in [1.29, 1.82) is 0 Å². The van der Waals surface area contributed by atoms with Crippen molar-refractivity contribution in [2.24, 2.45) is 46.3 Å². The van der Waals surface area contributed by atoms with Crippen LogP contribution in [0, 0.1) is 46.3 Å². The van der Waals surface area contributed by atoms with Crippen LogP contribution in [0.1, 0.15) is 133 Å². The zero-order valence-corrected chi connectivity index (χ0v) is 24.1. The number of rotatable bonds is 6. The number of benzene rings is 2. The third-order valence-corrected chi connectivity index (χ3v) is 13.4. The molecule has 0 spiro atoms. The molecular weight excluding hydrogens is 488 g/mol. The van der Waals surface area contributed by atoms with Gasteiger partial charge in [-0.25, -0.2) is 0 Å². The van der Waals surface area contributed by atoms with Crippen LogP contribution in [-0.4, -0.2) is 11.6 Å². The standard InChI is InChI=1S/C38H44O2/c39-35-31-3-1-2-4-32(31)36(40)34-16-30(6-8-38-20-26-12-27(21-38)14-28(13-26)22-38)29(15-33(34)35)5-7-37-17-23-9-24(18-37)11-25(10-23)19-37/h1-4,15-16,23-28H,5-14,17-22H2. The molecule has 0 saturated heterocycles. The molecule has 0 aliphatic heterocycles. The normalized spacial score (nSPS) is 40.0. The Labute approximate surface area is 239 Å². The van der Waals surface area contributed by atoms with Gasteiger partial charge in [0.1, 0.15) is 0 Å². The highest BCUT2D eigenvalue weighted by atomic mass is 16.1. The number of aryl methyl sites for hydroxylation is 2. The number of hydrogen-bond donors (Lipinski definition) is 0. The Morgan fingerprint density at radius 1 is 0.500 bits per heavy atom. The molecule has 2 nitrogen and oxygen atoms in total. The van der Waals surface area contributed by atoms with Crippen LogP contribution in [0.3, 0.4) is 0 Å². The van der Waals surface area contributed by atoms with Crippen LogP contribution in [0.2, 0.25) is 0 Å². The van der Waals surface area contributed by atoms with Crippen molar-refractivity contribution in [3.63, 3.8) is 0 Å². The van der Waals surface area contributed by atoms with E-state index >= 15 is 0 Å². The van der Waals surface area contributed by atoms with E-state index in [1.54, 1.807) is 0 Å². The summed E-state index contributed by atoms with van der Waals surface area (Å²) in [7, 11) is 0. The fraction of sp³-hybridized carbons (Fsp3) is 0.632. The topological polar surface area (TPSA) is 34.1 Å². The largest absolute Gasteiger partial charge is 0.289 e. The summed E-state index contributed by atoms with van der Waals surface area (Å²) in [5.74, 6) is 5.94. The molecule has 8 bridgehead atoms. The van der Waals surface area contributed by atoms with E-state index in [9.17, 15) is 9.59 Å². The molecule has 8 fully saturated rings. The summed E-state index contributed by atoms with van der Waals surface area (Å²) in [6.45, 7) is 0. The molecule has 2 aromatic carbocycles. The second-order valence-corrected chi connectivity index (χ2v) is 16.2. The first-order valence-corrected chi connectivity index (χ1v) is 16.8. The van der Waals surface area contributed by atoms with E-state index in [4.69, 9.17) is 0 Å². The summed E-state index contributed by atoms with van der Waals surface area (Å²) in [6.07, 6.45) is 22.3. The molecule has 0 N–H and O–H groups in total. The lowest BCUT2D eigenvalue weighted by Gasteiger charge is -2.57. The minimum Gasteiger partial charge on any atom is -0.289 e. The van der Waals surface area contributed by atoms with Gasteiger partial charge in [0.2, 0.25) is 0 Å². The van der Waals surface area contributed by atoms with Crippen LogP contribution < -0.4 is 0 Å². The molecule has 0 amide bonds. The van der Waals surface area contributed by atoms with Gasteiger partial charge in [-0.3, -0.25) is 9.59 Å². The van der Waals surface area contributed by atoms with Crippen LogP contribution in [0.15, 0.2) is 36.4 Å². The number of carbonyl (C=O) groups is 2. The molecular formula is C38H44O2. The van der Waals surface area contributed by atoms with Gasteiger partial charge < -0.3 is 0 Å². The van der Waals surface area contributed by atoms with Crippen LogP contribution in [-0.2, 0) is 12.8 Å². The minimum absolute atomic E-state index is 0.0499. The van der Waals surface area contributed by atoms with E-state index in [0.29, 0.717) is 33.1 Å². The van der Waals surface area contributed by atoms with Gasteiger partial charge in [0.15, 0.2) is 11.6 Å². The van der Waals surface area contributed by atoms with Gasteiger partial charge in [0, 0.05) is 22.3 Å². The lowest BCUT2D eigenvalue weighted by molar-refractivity contribution is -0.0578. The molecule has 2 heteroatoms. The molecule has 0 atom stereocenters.